The minimum absolute atomic E-state index is 0.0324. The lowest BCUT2D eigenvalue weighted by atomic mass is 9.96. The summed E-state index contributed by atoms with van der Waals surface area (Å²) in [5.41, 5.74) is 1.46. The molecule has 1 atom stereocenters. The van der Waals surface area contributed by atoms with Crippen LogP contribution in [-0.4, -0.2) is 72.8 Å². The van der Waals surface area contributed by atoms with Crippen molar-refractivity contribution >= 4 is 11.8 Å². The van der Waals surface area contributed by atoms with E-state index in [1.165, 1.54) is 0 Å². The van der Waals surface area contributed by atoms with Crippen molar-refractivity contribution in [1.82, 2.24) is 19.8 Å². The van der Waals surface area contributed by atoms with Gasteiger partial charge >= 0.3 is 0 Å². The summed E-state index contributed by atoms with van der Waals surface area (Å²) < 4.78 is 12.2. The number of hydrogen-bond donors (Lipinski definition) is 1. The van der Waals surface area contributed by atoms with Crippen LogP contribution in [0, 0.1) is 5.92 Å². The van der Waals surface area contributed by atoms with Crippen LogP contribution >= 0.6 is 0 Å². The molecular weight excluding hydrogens is 312 g/mol. The Morgan fingerprint density at radius 3 is 2.96 bits per heavy atom. The van der Waals surface area contributed by atoms with Gasteiger partial charge in [-0.05, 0) is 12.8 Å². The number of rotatable bonds is 5. The number of aromatic nitrogens is 2. The number of morpholine rings is 1. The molecule has 0 spiro atoms. The maximum atomic E-state index is 12.6. The molecule has 8 heteroatoms. The van der Waals surface area contributed by atoms with Gasteiger partial charge in [0, 0.05) is 33.3 Å². The summed E-state index contributed by atoms with van der Waals surface area (Å²) in [6.45, 7) is 3.95. The molecule has 0 saturated carbocycles. The highest BCUT2D eigenvalue weighted by atomic mass is 16.5. The Balaban J connectivity index is 1.63. The number of carbonyl (C=O) groups is 2. The van der Waals surface area contributed by atoms with Crippen molar-refractivity contribution in [2.75, 3.05) is 46.6 Å². The van der Waals surface area contributed by atoms with Crippen LogP contribution in [0.2, 0.25) is 0 Å². The lowest BCUT2D eigenvalue weighted by molar-refractivity contribution is -0.126. The molecule has 0 aliphatic carbocycles. The predicted octanol–water partition coefficient (Wildman–Crippen LogP) is -0.319. The number of ether oxygens (including phenoxy) is 2. The third kappa shape index (κ3) is 3.59. The maximum Gasteiger partial charge on any atom is 0.274 e. The van der Waals surface area contributed by atoms with Crippen LogP contribution in [-0.2, 0) is 27.2 Å². The van der Waals surface area contributed by atoms with Gasteiger partial charge in [-0.2, -0.15) is 0 Å². The lowest BCUT2D eigenvalue weighted by Gasteiger charge is -2.27. The molecule has 3 heterocycles. The molecule has 1 N–H and O–H groups in total. The van der Waals surface area contributed by atoms with Crippen molar-refractivity contribution in [3.05, 3.63) is 17.7 Å². The van der Waals surface area contributed by atoms with E-state index in [4.69, 9.17) is 9.47 Å². The van der Waals surface area contributed by atoms with Gasteiger partial charge in [0.2, 0.25) is 5.91 Å². The van der Waals surface area contributed by atoms with Gasteiger partial charge in [-0.1, -0.05) is 0 Å². The Hall–Kier alpha value is -1.93. The van der Waals surface area contributed by atoms with Crippen LogP contribution in [0.15, 0.2) is 6.33 Å². The number of imidazole rings is 1. The Bertz CT molecular complexity index is 595. The van der Waals surface area contributed by atoms with Crippen molar-refractivity contribution in [2.24, 2.45) is 5.92 Å². The van der Waals surface area contributed by atoms with E-state index >= 15 is 0 Å². The van der Waals surface area contributed by atoms with Gasteiger partial charge in [0.15, 0.2) is 0 Å². The molecule has 24 heavy (non-hydrogen) atoms. The smallest absolute Gasteiger partial charge is 0.274 e. The number of fused-ring (bicyclic) bond motifs is 1. The van der Waals surface area contributed by atoms with Gasteiger partial charge in [-0.3, -0.25) is 9.59 Å². The van der Waals surface area contributed by atoms with Crippen molar-refractivity contribution < 1.29 is 19.1 Å². The molecule has 1 aromatic heterocycles. The maximum absolute atomic E-state index is 12.6. The van der Waals surface area contributed by atoms with Crippen LogP contribution in [0.5, 0.6) is 0 Å². The first-order valence-corrected chi connectivity index (χ1v) is 8.38. The standard InChI is InChI=1S/C16H24N4O4/c1-23-7-4-17-15(21)12-2-3-13-14(18-11-20(13)10-12)16(22)19-5-8-24-9-6-19/h11-12H,2-10H2,1H3,(H,17,21). The molecule has 132 valence electrons. The van der Waals surface area contributed by atoms with Gasteiger partial charge in [-0.25, -0.2) is 4.98 Å². The number of nitrogens with zero attached hydrogens (tertiary/aromatic N) is 3. The molecular formula is C16H24N4O4. The molecule has 2 aliphatic heterocycles. The van der Waals surface area contributed by atoms with Crippen LogP contribution in [0.1, 0.15) is 22.6 Å². The average Bonchev–Trinajstić information content (AvgIpc) is 3.05. The zero-order chi connectivity index (χ0) is 16.9. The second-order valence-corrected chi connectivity index (χ2v) is 6.12. The molecule has 1 saturated heterocycles. The topological polar surface area (TPSA) is 85.7 Å². The third-order valence-corrected chi connectivity index (χ3v) is 4.57. The highest BCUT2D eigenvalue weighted by molar-refractivity contribution is 5.93. The molecule has 1 aromatic rings. The minimum atomic E-state index is -0.0881. The normalized spacial score (nSPS) is 20.5. The van der Waals surface area contributed by atoms with Crippen LogP contribution in [0.4, 0.5) is 0 Å². The van der Waals surface area contributed by atoms with E-state index in [0.29, 0.717) is 58.1 Å². The summed E-state index contributed by atoms with van der Waals surface area (Å²) in [4.78, 5) is 30.9. The first kappa shape index (κ1) is 16.9. The lowest BCUT2D eigenvalue weighted by Crippen LogP contribution is -2.41. The monoisotopic (exact) mass is 336 g/mol. The summed E-state index contributed by atoms with van der Waals surface area (Å²) in [5.74, 6) is -0.0857. The molecule has 1 fully saturated rings. The second-order valence-electron chi connectivity index (χ2n) is 6.12. The van der Waals surface area contributed by atoms with E-state index in [1.807, 2.05) is 4.57 Å². The van der Waals surface area contributed by atoms with Crippen LogP contribution in [0.3, 0.4) is 0 Å². The highest BCUT2D eigenvalue weighted by Crippen LogP contribution is 2.23. The molecule has 2 amide bonds. The summed E-state index contributed by atoms with van der Waals surface area (Å²) in [6.07, 6.45) is 3.10. The van der Waals surface area contributed by atoms with Crippen molar-refractivity contribution in [3.63, 3.8) is 0 Å². The summed E-state index contributed by atoms with van der Waals surface area (Å²) in [7, 11) is 1.61. The zero-order valence-electron chi connectivity index (χ0n) is 14.0. The quantitative estimate of drug-likeness (QED) is 0.745. The van der Waals surface area contributed by atoms with Gasteiger partial charge in [0.1, 0.15) is 5.69 Å². The Labute approximate surface area is 141 Å². The van der Waals surface area contributed by atoms with Crippen molar-refractivity contribution in [1.29, 1.82) is 0 Å². The molecule has 1 unspecified atom stereocenters. The number of carbonyl (C=O) groups excluding carboxylic acids is 2. The van der Waals surface area contributed by atoms with E-state index in [2.05, 4.69) is 10.3 Å². The zero-order valence-corrected chi connectivity index (χ0v) is 14.0. The van der Waals surface area contributed by atoms with Crippen molar-refractivity contribution in [3.8, 4) is 0 Å². The first-order chi connectivity index (χ1) is 11.7. The summed E-state index contributed by atoms with van der Waals surface area (Å²) in [5, 5.41) is 2.88. The molecule has 3 rings (SSSR count). The first-order valence-electron chi connectivity index (χ1n) is 8.38. The van der Waals surface area contributed by atoms with Crippen LogP contribution < -0.4 is 5.32 Å². The number of hydrogen-bond acceptors (Lipinski definition) is 5. The fraction of sp³-hybridized carbons (Fsp3) is 0.688. The molecule has 8 nitrogen and oxygen atoms in total. The van der Waals surface area contributed by atoms with E-state index < -0.39 is 0 Å². The summed E-state index contributed by atoms with van der Waals surface area (Å²) >= 11 is 0. The molecule has 0 aromatic carbocycles. The largest absolute Gasteiger partial charge is 0.383 e. The fourth-order valence-corrected chi connectivity index (χ4v) is 3.20. The number of methoxy groups -OCH3 is 1. The van der Waals surface area contributed by atoms with Gasteiger partial charge in [0.05, 0.1) is 37.8 Å². The Morgan fingerprint density at radius 1 is 1.42 bits per heavy atom. The molecule has 0 bridgehead atoms. The van der Waals surface area contributed by atoms with E-state index in [1.54, 1.807) is 18.3 Å². The molecule has 2 aliphatic rings. The van der Waals surface area contributed by atoms with E-state index in [0.717, 1.165) is 12.1 Å². The second kappa shape index (κ2) is 7.76. The van der Waals surface area contributed by atoms with E-state index in [9.17, 15) is 9.59 Å². The molecule has 0 radical (unpaired) electrons. The van der Waals surface area contributed by atoms with Gasteiger partial charge in [-0.15, -0.1) is 0 Å². The van der Waals surface area contributed by atoms with Crippen molar-refractivity contribution in [2.45, 2.75) is 19.4 Å². The number of amides is 2. The SMILES string of the molecule is COCCNC(=O)C1CCc2c(C(=O)N3CCOCC3)ncn2C1. The third-order valence-electron chi connectivity index (χ3n) is 4.57. The fourth-order valence-electron chi connectivity index (χ4n) is 3.20. The van der Waals surface area contributed by atoms with Crippen LogP contribution in [0.25, 0.3) is 0 Å². The highest BCUT2D eigenvalue weighted by Gasteiger charge is 2.30. The average molecular weight is 336 g/mol. The van der Waals surface area contributed by atoms with Gasteiger partial charge in [0.25, 0.3) is 5.91 Å². The minimum Gasteiger partial charge on any atom is -0.383 e. The van der Waals surface area contributed by atoms with Gasteiger partial charge < -0.3 is 24.3 Å². The Morgan fingerprint density at radius 2 is 2.21 bits per heavy atom. The van der Waals surface area contributed by atoms with E-state index in [-0.39, 0.29) is 17.7 Å². The Kier molecular flexibility index (Phi) is 5.47. The number of nitrogens with one attached hydrogen (secondary N) is 1. The predicted molar refractivity (Wildman–Crippen MR) is 85.6 cm³/mol. The summed E-state index contributed by atoms with van der Waals surface area (Å²) in [6, 6.07) is 0.